The number of benzene rings is 2. The van der Waals surface area contributed by atoms with Crippen molar-refractivity contribution in [2.24, 2.45) is 0 Å². The van der Waals surface area contributed by atoms with E-state index in [1.807, 2.05) is 24.3 Å². The molecule has 0 spiro atoms. The molecule has 0 aliphatic carbocycles. The first-order chi connectivity index (χ1) is 10.2. The van der Waals surface area contributed by atoms with Crippen LogP contribution in [0.15, 0.2) is 52.9 Å². The molecule has 3 rings (SSSR count). The normalized spacial score (nSPS) is 10.6. The van der Waals surface area contributed by atoms with Crippen LogP contribution in [0.1, 0.15) is 16.1 Å². The number of ether oxygens (including phenoxy) is 1. The van der Waals surface area contributed by atoms with Crippen LogP contribution in [0.4, 0.5) is 5.69 Å². The van der Waals surface area contributed by atoms with Gasteiger partial charge in [-0.1, -0.05) is 18.2 Å². The van der Waals surface area contributed by atoms with Gasteiger partial charge in [0.2, 0.25) is 0 Å². The fourth-order valence-corrected chi connectivity index (χ4v) is 2.32. The largest absolute Gasteiger partial charge is 0.497 e. The van der Waals surface area contributed by atoms with Crippen molar-refractivity contribution in [1.82, 2.24) is 0 Å². The molecule has 21 heavy (non-hydrogen) atoms. The van der Waals surface area contributed by atoms with Gasteiger partial charge in [0.15, 0.2) is 0 Å². The fourth-order valence-electron chi connectivity index (χ4n) is 2.32. The quantitative estimate of drug-likeness (QED) is 0.789. The molecule has 0 saturated carbocycles. The number of aryl methyl sites for hydroxylation is 1. The van der Waals surface area contributed by atoms with Crippen molar-refractivity contribution >= 4 is 22.6 Å². The van der Waals surface area contributed by atoms with E-state index in [1.54, 1.807) is 38.3 Å². The number of amides is 1. The third kappa shape index (κ3) is 2.48. The van der Waals surface area contributed by atoms with E-state index in [-0.39, 0.29) is 5.91 Å². The molecular weight excluding hydrogens is 266 g/mol. The van der Waals surface area contributed by atoms with E-state index >= 15 is 0 Å². The van der Waals surface area contributed by atoms with Crippen LogP contribution < -0.4 is 10.1 Å². The Morgan fingerprint density at radius 3 is 2.52 bits per heavy atom. The SMILES string of the molecule is COc1ccc(NC(=O)c2c(C)oc3ccccc23)cc1. The lowest BCUT2D eigenvalue weighted by atomic mass is 10.1. The van der Waals surface area contributed by atoms with Crippen LogP contribution in [-0.2, 0) is 0 Å². The van der Waals surface area contributed by atoms with Gasteiger partial charge in [-0.15, -0.1) is 0 Å². The number of para-hydroxylation sites is 1. The maximum Gasteiger partial charge on any atom is 0.259 e. The van der Waals surface area contributed by atoms with Crippen LogP contribution in [0.5, 0.6) is 5.75 Å². The number of furan rings is 1. The summed E-state index contributed by atoms with van der Waals surface area (Å²) in [6, 6.07) is 14.7. The highest BCUT2D eigenvalue weighted by Gasteiger charge is 2.17. The third-order valence-corrected chi connectivity index (χ3v) is 3.35. The lowest BCUT2D eigenvalue weighted by molar-refractivity contribution is 0.102. The summed E-state index contributed by atoms with van der Waals surface area (Å²) < 4.78 is 10.7. The topological polar surface area (TPSA) is 51.5 Å². The minimum Gasteiger partial charge on any atom is -0.497 e. The highest BCUT2D eigenvalue weighted by atomic mass is 16.5. The molecule has 0 atom stereocenters. The summed E-state index contributed by atoms with van der Waals surface area (Å²) in [6.07, 6.45) is 0. The van der Waals surface area contributed by atoms with Crippen molar-refractivity contribution < 1.29 is 13.9 Å². The van der Waals surface area contributed by atoms with Crippen LogP contribution in [0.2, 0.25) is 0 Å². The molecule has 4 heteroatoms. The first kappa shape index (κ1) is 13.2. The van der Waals surface area contributed by atoms with Gasteiger partial charge < -0.3 is 14.5 Å². The van der Waals surface area contributed by atoms with E-state index in [1.165, 1.54) is 0 Å². The van der Waals surface area contributed by atoms with Crippen molar-refractivity contribution in [3.63, 3.8) is 0 Å². The van der Waals surface area contributed by atoms with E-state index in [9.17, 15) is 4.79 Å². The summed E-state index contributed by atoms with van der Waals surface area (Å²) >= 11 is 0. The standard InChI is InChI=1S/C17H15NO3/c1-11-16(14-5-3-4-6-15(14)21-11)17(19)18-12-7-9-13(20-2)10-8-12/h3-10H,1-2H3,(H,18,19). The second-order valence-corrected chi connectivity index (χ2v) is 4.71. The number of hydrogen-bond donors (Lipinski definition) is 1. The van der Waals surface area contributed by atoms with Crippen LogP contribution in [0.3, 0.4) is 0 Å². The van der Waals surface area contributed by atoms with E-state index in [0.29, 0.717) is 17.0 Å². The Balaban J connectivity index is 1.91. The van der Waals surface area contributed by atoms with Crippen LogP contribution in [-0.4, -0.2) is 13.0 Å². The molecule has 4 nitrogen and oxygen atoms in total. The number of carbonyl (C=O) groups is 1. The molecule has 0 radical (unpaired) electrons. The molecule has 1 N–H and O–H groups in total. The monoisotopic (exact) mass is 281 g/mol. The maximum atomic E-state index is 12.5. The highest BCUT2D eigenvalue weighted by molar-refractivity contribution is 6.13. The Kier molecular flexibility index (Phi) is 3.36. The van der Waals surface area contributed by atoms with Crippen molar-refractivity contribution in [3.05, 3.63) is 59.9 Å². The fraction of sp³-hybridized carbons (Fsp3) is 0.118. The lowest BCUT2D eigenvalue weighted by Crippen LogP contribution is -2.12. The van der Waals surface area contributed by atoms with Crippen molar-refractivity contribution in [2.75, 3.05) is 12.4 Å². The van der Waals surface area contributed by atoms with E-state index in [2.05, 4.69) is 5.32 Å². The molecule has 0 unspecified atom stereocenters. The van der Waals surface area contributed by atoms with Crippen molar-refractivity contribution in [2.45, 2.75) is 6.92 Å². The highest BCUT2D eigenvalue weighted by Crippen LogP contribution is 2.26. The summed E-state index contributed by atoms with van der Waals surface area (Å²) in [5.41, 5.74) is 2.00. The molecule has 0 aliphatic heterocycles. The number of methoxy groups -OCH3 is 1. The number of carbonyl (C=O) groups excluding carboxylic acids is 1. The minimum atomic E-state index is -0.178. The predicted molar refractivity (Wildman–Crippen MR) is 81.9 cm³/mol. The smallest absolute Gasteiger partial charge is 0.259 e. The summed E-state index contributed by atoms with van der Waals surface area (Å²) in [7, 11) is 1.61. The second-order valence-electron chi connectivity index (χ2n) is 4.71. The molecule has 0 fully saturated rings. The number of nitrogens with one attached hydrogen (secondary N) is 1. The average Bonchev–Trinajstić information content (AvgIpc) is 2.83. The van der Waals surface area contributed by atoms with Gasteiger partial charge in [0.05, 0.1) is 12.7 Å². The van der Waals surface area contributed by atoms with Crippen molar-refractivity contribution in [3.8, 4) is 5.75 Å². The van der Waals surface area contributed by atoms with Gasteiger partial charge in [-0.2, -0.15) is 0 Å². The van der Waals surface area contributed by atoms with Crippen LogP contribution in [0.25, 0.3) is 11.0 Å². The summed E-state index contributed by atoms with van der Waals surface area (Å²) in [4.78, 5) is 12.5. The van der Waals surface area contributed by atoms with Gasteiger partial charge in [0.25, 0.3) is 5.91 Å². The molecule has 106 valence electrons. The molecule has 1 aromatic heterocycles. The first-order valence-electron chi connectivity index (χ1n) is 6.62. The molecule has 3 aromatic rings. The molecule has 1 amide bonds. The Labute approximate surface area is 122 Å². The summed E-state index contributed by atoms with van der Waals surface area (Å²) in [5.74, 6) is 1.18. The lowest BCUT2D eigenvalue weighted by Gasteiger charge is -2.06. The van der Waals surface area contributed by atoms with Gasteiger partial charge in [0.1, 0.15) is 17.1 Å². The molecule has 0 bridgehead atoms. The van der Waals surface area contributed by atoms with Gasteiger partial charge in [-0.05, 0) is 37.3 Å². The Morgan fingerprint density at radius 1 is 1.10 bits per heavy atom. The zero-order valence-corrected chi connectivity index (χ0v) is 11.8. The van der Waals surface area contributed by atoms with E-state index < -0.39 is 0 Å². The number of fused-ring (bicyclic) bond motifs is 1. The number of rotatable bonds is 3. The molecule has 2 aromatic carbocycles. The Hall–Kier alpha value is -2.75. The Bertz CT molecular complexity index is 787. The molecule has 0 aliphatic rings. The summed E-state index contributed by atoms with van der Waals surface area (Å²) in [6.45, 7) is 1.79. The average molecular weight is 281 g/mol. The predicted octanol–water partition coefficient (Wildman–Crippen LogP) is 4.00. The Morgan fingerprint density at radius 2 is 1.81 bits per heavy atom. The third-order valence-electron chi connectivity index (χ3n) is 3.35. The van der Waals surface area contributed by atoms with Gasteiger partial charge in [-0.3, -0.25) is 4.79 Å². The molecule has 1 heterocycles. The number of hydrogen-bond acceptors (Lipinski definition) is 3. The van der Waals surface area contributed by atoms with E-state index in [4.69, 9.17) is 9.15 Å². The van der Waals surface area contributed by atoms with Gasteiger partial charge in [-0.25, -0.2) is 0 Å². The first-order valence-corrected chi connectivity index (χ1v) is 6.62. The molecule has 0 saturated heterocycles. The molecular formula is C17H15NO3. The number of anilines is 1. The van der Waals surface area contributed by atoms with Crippen LogP contribution >= 0.6 is 0 Å². The minimum absolute atomic E-state index is 0.178. The zero-order chi connectivity index (χ0) is 14.8. The van der Waals surface area contributed by atoms with E-state index in [0.717, 1.165) is 16.7 Å². The van der Waals surface area contributed by atoms with Gasteiger partial charge in [0, 0.05) is 11.1 Å². The maximum absolute atomic E-state index is 12.5. The second kappa shape index (κ2) is 5.32. The zero-order valence-electron chi connectivity index (χ0n) is 11.8. The van der Waals surface area contributed by atoms with Crippen molar-refractivity contribution in [1.29, 1.82) is 0 Å². The van der Waals surface area contributed by atoms with Gasteiger partial charge >= 0.3 is 0 Å². The summed E-state index contributed by atoms with van der Waals surface area (Å²) in [5, 5.41) is 3.69. The van der Waals surface area contributed by atoms with Crippen LogP contribution in [0, 0.1) is 6.92 Å².